The van der Waals surface area contributed by atoms with Crippen molar-refractivity contribution in [2.75, 3.05) is 44.5 Å². The number of hydrogen-bond acceptors (Lipinski definition) is 9. The van der Waals surface area contributed by atoms with Gasteiger partial charge in [0.25, 0.3) is 5.91 Å². The van der Waals surface area contributed by atoms with Gasteiger partial charge in [0.2, 0.25) is 5.95 Å². The molecule has 1 aliphatic rings. The fourth-order valence-electron chi connectivity index (χ4n) is 3.37. The number of carbonyl (C=O) groups is 1. The number of rotatable bonds is 5. The summed E-state index contributed by atoms with van der Waals surface area (Å²) in [6.07, 6.45) is -3.29. The Morgan fingerprint density at radius 1 is 1.19 bits per heavy atom. The number of carbonyl (C=O) groups excluding carboxylic acids is 1. The highest BCUT2D eigenvalue weighted by Crippen LogP contribution is 2.32. The van der Waals surface area contributed by atoms with Crippen LogP contribution in [0.5, 0.6) is 11.8 Å². The second-order valence-electron chi connectivity index (χ2n) is 7.99. The van der Waals surface area contributed by atoms with Crippen molar-refractivity contribution in [2.45, 2.75) is 12.2 Å². The number of benzene rings is 1. The molecule has 2 N–H and O–H groups in total. The van der Waals surface area contributed by atoms with E-state index in [1.54, 1.807) is 0 Å². The summed E-state index contributed by atoms with van der Waals surface area (Å²) in [6.45, 7) is -0.744. The molecule has 0 saturated carbocycles. The Morgan fingerprint density at radius 3 is 2.61 bits per heavy atom. The van der Waals surface area contributed by atoms with Crippen molar-refractivity contribution < 1.29 is 31.8 Å². The average Bonchev–Trinajstić information content (AvgIpc) is 2.84. The van der Waals surface area contributed by atoms with E-state index in [0.29, 0.717) is 5.56 Å². The third-order valence-corrected chi connectivity index (χ3v) is 5.20. The highest BCUT2D eigenvalue weighted by Gasteiger charge is 2.46. The Labute approximate surface area is 202 Å². The van der Waals surface area contributed by atoms with E-state index in [0.717, 1.165) is 11.0 Å². The summed E-state index contributed by atoms with van der Waals surface area (Å²) in [5.41, 5.74) is 6.01. The molecule has 0 spiro atoms. The molecule has 14 heteroatoms. The lowest BCUT2D eigenvalue weighted by atomic mass is 10.2. The van der Waals surface area contributed by atoms with Gasteiger partial charge in [-0.25, -0.2) is 9.37 Å². The highest BCUT2D eigenvalue weighted by molar-refractivity contribution is 5.94. The molecule has 36 heavy (non-hydrogen) atoms. The lowest BCUT2D eigenvalue weighted by Crippen LogP contribution is -2.54. The Balaban J connectivity index is 1.75. The Bertz CT molecular complexity index is 1260. The standard InChI is InChI=1S/C22H21F4N7O3/c1-32(2)19(34)12-3-5-15(14(23)9-12)36-21-30-18(13-4-6-17(27)28-10-13)29-20(31-21)33-7-8-35-11-16(33)22(24,25)26/h3-6,9-10,16H,7-8,11H2,1-2H3,(H2,27,28)/t16-/m0/s1. The van der Waals surface area contributed by atoms with Crippen LogP contribution in [-0.2, 0) is 4.74 Å². The zero-order valence-electron chi connectivity index (χ0n) is 19.2. The van der Waals surface area contributed by atoms with E-state index >= 15 is 0 Å². The van der Waals surface area contributed by atoms with Crippen LogP contribution in [0.3, 0.4) is 0 Å². The topological polar surface area (TPSA) is 120 Å². The maximum Gasteiger partial charge on any atom is 0.411 e. The quantitative estimate of drug-likeness (QED) is 0.520. The van der Waals surface area contributed by atoms with E-state index in [1.165, 1.54) is 49.5 Å². The minimum Gasteiger partial charge on any atom is -0.421 e. The van der Waals surface area contributed by atoms with Gasteiger partial charge in [-0.15, -0.1) is 0 Å². The minimum absolute atomic E-state index is 0.0171. The van der Waals surface area contributed by atoms with Gasteiger partial charge in [-0.2, -0.15) is 28.1 Å². The molecule has 0 unspecified atom stereocenters. The smallest absolute Gasteiger partial charge is 0.411 e. The van der Waals surface area contributed by atoms with Gasteiger partial charge in [0.15, 0.2) is 23.4 Å². The Morgan fingerprint density at radius 2 is 1.97 bits per heavy atom. The number of amides is 1. The molecule has 10 nitrogen and oxygen atoms in total. The summed E-state index contributed by atoms with van der Waals surface area (Å²) in [5, 5.41) is 0. The number of anilines is 2. The molecule has 1 fully saturated rings. The summed E-state index contributed by atoms with van der Waals surface area (Å²) in [6, 6.07) is 4.05. The third-order valence-electron chi connectivity index (χ3n) is 5.20. The SMILES string of the molecule is CN(C)C(=O)c1ccc(Oc2nc(-c3ccc(N)nc3)nc(N3CCOC[C@H]3C(F)(F)F)n2)c(F)c1. The normalized spacial score (nSPS) is 16.1. The Hall–Kier alpha value is -4.07. The van der Waals surface area contributed by atoms with Gasteiger partial charge in [-0.05, 0) is 30.3 Å². The van der Waals surface area contributed by atoms with Gasteiger partial charge in [0, 0.05) is 38.0 Å². The number of halogens is 4. The number of nitrogen functional groups attached to an aromatic ring is 1. The molecule has 3 heterocycles. The molecule has 0 radical (unpaired) electrons. The van der Waals surface area contributed by atoms with Gasteiger partial charge in [0.05, 0.1) is 13.2 Å². The van der Waals surface area contributed by atoms with Crippen LogP contribution in [0, 0.1) is 5.82 Å². The van der Waals surface area contributed by atoms with Gasteiger partial charge in [0.1, 0.15) is 5.82 Å². The lowest BCUT2D eigenvalue weighted by molar-refractivity contribution is -0.167. The second kappa shape index (κ2) is 9.89. The maximum absolute atomic E-state index is 14.7. The van der Waals surface area contributed by atoms with Crippen LogP contribution >= 0.6 is 0 Å². The van der Waals surface area contributed by atoms with Gasteiger partial charge < -0.3 is 25.0 Å². The molecule has 1 atom stereocenters. The summed E-state index contributed by atoms with van der Waals surface area (Å²) in [5.74, 6) is -1.83. The van der Waals surface area contributed by atoms with Crippen molar-refractivity contribution in [3.63, 3.8) is 0 Å². The Kier molecular flexibility index (Phi) is 6.88. The van der Waals surface area contributed by atoms with E-state index in [9.17, 15) is 22.4 Å². The minimum atomic E-state index is -4.63. The number of nitrogens with two attached hydrogens (primary N) is 1. The first kappa shape index (κ1) is 25.0. The van der Waals surface area contributed by atoms with Crippen molar-refractivity contribution >= 4 is 17.7 Å². The molecular formula is C22H21F4N7O3. The molecule has 3 aromatic rings. The predicted molar refractivity (Wildman–Crippen MR) is 120 cm³/mol. The summed E-state index contributed by atoms with van der Waals surface area (Å²) in [7, 11) is 3.04. The van der Waals surface area contributed by atoms with Gasteiger partial charge >= 0.3 is 12.2 Å². The van der Waals surface area contributed by atoms with Crippen molar-refractivity contribution in [3.05, 3.63) is 47.9 Å². The molecule has 1 saturated heterocycles. The van der Waals surface area contributed by atoms with Crippen molar-refractivity contribution in [2.24, 2.45) is 0 Å². The van der Waals surface area contributed by atoms with Crippen LogP contribution in [0.15, 0.2) is 36.5 Å². The predicted octanol–water partition coefficient (Wildman–Crippen LogP) is 2.92. The van der Waals surface area contributed by atoms with Gasteiger partial charge in [-0.1, -0.05) is 0 Å². The number of aromatic nitrogens is 4. The molecule has 0 aliphatic carbocycles. The maximum atomic E-state index is 14.7. The van der Waals surface area contributed by atoms with Crippen molar-refractivity contribution in [3.8, 4) is 23.1 Å². The van der Waals surface area contributed by atoms with Crippen molar-refractivity contribution in [1.29, 1.82) is 0 Å². The summed E-state index contributed by atoms with van der Waals surface area (Å²) < 4.78 is 66.3. The van der Waals surface area contributed by atoms with E-state index in [-0.39, 0.29) is 42.1 Å². The molecule has 4 rings (SSSR count). The molecule has 2 aromatic heterocycles. The van der Waals surface area contributed by atoms with Crippen LogP contribution in [0.25, 0.3) is 11.4 Å². The number of hydrogen-bond donors (Lipinski definition) is 1. The van der Waals surface area contributed by atoms with Crippen LogP contribution in [-0.4, -0.2) is 76.8 Å². The molecular weight excluding hydrogens is 486 g/mol. The molecule has 1 aromatic carbocycles. The van der Waals surface area contributed by atoms with Crippen LogP contribution in [0.2, 0.25) is 0 Å². The molecule has 190 valence electrons. The number of pyridine rings is 1. The van der Waals surface area contributed by atoms with Crippen LogP contribution in [0.1, 0.15) is 10.4 Å². The monoisotopic (exact) mass is 507 g/mol. The largest absolute Gasteiger partial charge is 0.421 e. The zero-order chi connectivity index (χ0) is 26.0. The molecule has 1 amide bonds. The van der Waals surface area contributed by atoms with E-state index < -0.39 is 36.6 Å². The fourth-order valence-corrected chi connectivity index (χ4v) is 3.37. The number of morpholine rings is 1. The van der Waals surface area contributed by atoms with E-state index in [4.69, 9.17) is 15.2 Å². The third kappa shape index (κ3) is 5.43. The number of alkyl halides is 3. The lowest BCUT2D eigenvalue weighted by Gasteiger charge is -2.36. The van der Waals surface area contributed by atoms with E-state index in [2.05, 4.69) is 19.9 Å². The number of nitrogens with zero attached hydrogens (tertiary/aromatic N) is 6. The first-order valence-electron chi connectivity index (χ1n) is 10.6. The van der Waals surface area contributed by atoms with Crippen LogP contribution < -0.4 is 15.4 Å². The van der Waals surface area contributed by atoms with E-state index in [1.807, 2.05) is 0 Å². The first-order chi connectivity index (χ1) is 17.0. The second-order valence-corrected chi connectivity index (χ2v) is 7.99. The average molecular weight is 507 g/mol. The van der Waals surface area contributed by atoms with Gasteiger partial charge in [-0.3, -0.25) is 4.79 Å². The fraction of sp³-hybridized carbons (Fsp3) is 0.318. The highest BCUT2D eigenvalue weighted by atomic mass is 19.4. The zero-order valence-corrected chi connectivity index (χ0v) is 19.2. The first-order valence-corrected chi connectivity index (χ1v) is 10.6. The van der Waals surface area contributed by atoms with Crippen LogP contribution in [0.4, 0.5) is 29.3 Å². The molecule has 0 bridgehead atoms. The molecule has 1 aliphatic heterocycles. The van der Waals surface area contributed by atoms with Crippen molar-refractivity contribution in [1.82, 2.24) is 24.8 Å². The number of ether oxygens (including phenoxy) is 2. The summed E-state index contributed by atoms with van der Waals surface area (Å²) in [4.78, 5) is 30.6. The summed E-state index contributed by atoms with van der Waals surface area (Å²) >= 11 is 0.